The molecule has 0 aliphatic rings. The number of carbonyl (C=O) groups excluding carboxylic acids is 1. The average Bonchev–Trinajstić information content (AvgIpc) is 2.57. The number of benzene rings is 2. The lowest BCUT2D eigenvalue weighted by atomic mass is 9.88. The molecule has 138 valence electrons. The molecule has 26 heavy (non-hydrogen) atoms. The standard InChI is InChI=1S/C19H19ClFNO4/c1-19(11-18(24)25,12-5-3-6-13(9-12)26-2)22-17(23)10-14-15(20)7-4-8-16(14)21/h3-9H,10-11H2,1-2H3,(H,22,23)(H,24,25). The number of nitrogens with one attached hydrogen (secondary N) is 1. The SMILES string of the molecule is COc1cccc(C(C)(CC(=O)O)NC(=O)Cc2c(F)cccc2Cl)c1. The summed E-state index contributed by atoms with van der Waals surface area (Å²) >= 11 is 5.96. The van der Waals surface area contributed by atoms with Crippen molar-refractivity contribution in [3.05, 3.63) is 64.4 Å². The number of carboxylic acid groups (broad SMARTS) is 1. The van der Waals surface area contributed by atoms with Crippen LogP contribution in [0.4, 0.5) is 4.39 Å². The van der Waals surface area contributed by atoms with Crippen molar-refractivity contribution in [1.29, 1.82) is 0 Å². The van der Waals surface area contributed by atoms with Gasteiger partial charge in [-0.3, -0.25) is 9.59 Å². The molecule has 0 radical (unpaired) electrons. The van der Waals surface area contributed by atoms with E-state index >= 15 is 0 Å². The molecule has 1 amide bonds. The molecule has 0 saturated carbocycles. The molecule has 1 unspecified atom stereocenters. The van der Waals surface area contributed by atoms with E-state index in [-0.39, 0.29) is 23.4 Å². The van der Waals surface area contributed by atoms with Crippen LogP contribution >= 0.6 is 11.6 Å². The summed E-state index contributed by atoms with van der Waals surface area (Å²) in [7, 11) is 1.49. The first-order chi connectivity index (χ1) is 12.2. The van der Waals surface area contributed by atoms with Crippen LogP contribution < -0.4 is 10.1 Å². The zero-order valence-corrected chi connectivity index (χ0v) is 15.1. The average molecular weight is 380 g/mol. The molecule has 2 aromatic rings. The van der Waals surface area contributed by atoms with E-state index in [1.165, 1.54) is 25.3 Å². The topological polar surface area (TPSA) is 75.6 Å². The van der Waals surface area contributed by atoms with E-state index < -0.39 is 23.2 Å². The summed E-state index contributed by atoms with van der Waals surface area (Å²) < 4.78 is 19.1. The van der Waals surface area contributed by atoms with Gasteiger partial charge in [0.25, 0.3) is 0 Å². The van der Waals surface area contributed by atoms with Crippen molar-refractivity contribution in [3.63, 3.8) is 0 Å². The van der Waals surface area contributed by atoms with E-state index in [2.05, 4.69) is 5.32 Å². The summed E-state index contributed by atoms with van der Waals surface area (Å²) in [6.07, 6.45) is -0.651. The van der Waals surface area contributed by atoms with Crippen molar-refractivity contribution >= 4 is 23.5 Å². The minimum absolute atomic E-state index is 0.0648. The van der Waals surface area contributed by atoms with Crippen molar-refractivity contribution in [2.45, 2.75) is 25.3 Å². The molecule has 0 saturated heterocycles. The van der Waals surface area contributed by atoms with Crippen LogP contribution in [0, 0.1) is 5.82 Å². The van der Waals surface area contributed by atoms with Crippen molar-refractivity contribution in [2.75, 3.05) is 7.11 Å². The Balaban J connectivity index is 2.29. The molecule has 0 aliphatic carbocycles. The summed E-state index contributed by atoms with van der Waals surface area (Å²) in [5, 5.41) is 12.1. The number of carboxylic acids is 1. The molecule has 2 N–H and O–H groups in total. The number of amides is 1. The highest BCUT2D eigenvalue weighted by atomic mass is 35.5. The molecule has 5 nitrogen and oxygen atoms in total. The van der Waals surface area contributed by atoms with Gasteiger partial charge in [-0.1, -0.05) is 29.8 Å². The number of halogens is 2. The number of hydrogen-bond donors (Lipinski definition) is 2. The Morgan fingerprint density at radius 1 is 1.27 bits per heavy atom. The van der Waals surface area contributed by atoms with Gasteiger partial charge in [0, 0.05) is 10.6 Å². The minimum atomic E-state index is -1.20. The Morgan fingerprint density at radius 3 is 2.58 bits per heavy atom. The molecule has 0 fully saturated rings. The minimum Gasteiger partial charge on any atom is -0.497 e. The van der Waals surface area contributed by atoms with E-state index in [0.29, 0.717) is 11.3 Å². The molecule has 0 bridgehead atoms. The van der Waals surface area contributed by atoms with Gasteiger partial charge in [-0.25, -0.2) is 4.39 Å². The van der Waals surface area contributed by atoms with Gasteiger partial charge in [0.1, 0.15) is 11.6 Å². The Hall–Kier alpha value is -2.60. The van der Waals surface area contributed by atoms with E-state index in [1.807, 2.05) is 0 Å². The van der Waals surface area contributed by atoms with Gasteiger partial charge >= 0.3 is 5.97 Å². The summed E-state index contributed by atoms with van der Waals surface area (Å²) in [6.45, 7) is 1.59. The van der Waals surface area contributed by atoms with Gasteiger partial charge < -0.3 is 15.2 Å². The van der Waals surface area contributed by atoms with Gasteiger partial charge in [-0.05, 0) is 36.8 Å². The molecule has 7 heteroatoms. The lowest BCUT2D eigenvalue weighted by Crippen LogP contribution is -2.45. The van der Waals surface area contributed by atoms with Crippen LogP contribution in [0.3, 0.4) is 0 Å². The maximum Gasteiger partial charge on any atom is 0.306 e. The molecule has 0 spiro atoms. The quantitative estimate of drug-likeness (QED) is 0.771. The van der Waals surface area contributed by atoms with E-state index in [0.717, 1.165) is 0 Å². The molecule has 0 aliphatic heterocycles. The van der Waals surface area contributed by atoms with Crippen LogP contribution in [0.25, 0.3) is 0 Å². The maximum atomic E-state index is 13.9. The Morgan fingerprint density at radius 2 is 1.96 bits per heavy atom. The zero-order chi connectivity index (χ0) is 19.3. The third kappa shape index (κ3) is 4.73. The van der Waals surface area contributed by atoms with E-state index in [1.54, 1.807) is 31.2 Å². The lowest BCUT2D eigenvalue weighted by molar-refractivity contribution is -0.139. The summed E-state index contributed by atoms with van der Waals surface area (Å²) in [5.41, 5.74) is -0.572. The fraction of sp³-hybridized carbons (Fsp3) is 0.263. The molecule has 2 aromatic carbocycles. The number of aliphatic carboxylic acids is 1. The number of rotatable bonds is 7. The van der Waals surface area contributed by atoms with Crippen LogP contribution in [0.5, 0.6) is 5.75 Å². The van der Waals surface area contributed by atoms with Crippen molar-refractivity contribution in [2.24, 2.45) is 0 Å². The third-order valence-electron chi connectivity index (χ3n) is 4.03. The lowest BCUT2D eigenvalue weighted by Gasteiger charge is -2.30. The first-order valence-electron chi connectivity index (χ1n) is 7.85. The molecule has 0 heterocycles. The highest BCUT2D eigenvalue weighted by Gasteiger charge is 2.32. The summed E-state index contributed by atoms with van der Waals surface area (Å²) in [6, 6.07) is 10.9. The van der Waals surface area contributed by atoms with Crippen LogP contribution in [0.15, 0.2) is 42.5 Å². The molecular weight excluding hydrogens is 361 g/mol. The fourth-order valence-corrected chi connectivity index (χ4v) is 2.93. The van der Waals surface area contributed by atoms with Crippen LogP contribution in [0.1, 0.15) is 24.5 Å². The van der Waals surface area contributed by atoms with Crippen molar-refractivity contribution in [3.8, 4) is 5.75 Å². The second-order valence-corrected chi connectivity index (χ2v) is 6.47. The van der Waals surface area contributed by atoms with Crippen LogP contribution in [-0.2, 0) is 21.5 Å². The Kier molecular flexibility index (Phi) is 6.21. The Labute approximate surface area is 155 Å². The Bertz CT molecular complexity index is 807. The van der Waals surface area contributed by atoms with Crippen molar-refractivity contribution < 1.29 is 23.8 Å². The smallest absolute Gasteiger partial charge is 0.306 e. The van der Waals surface area contributed by atoms with Gasteiger partial charge in [0.05, 0.1) is 25.5 Å². The first-order valence-corrected chi connectivity index (χ1v) is 8.23. The molecule has 0 aromatic heterocycles. The zero-order valence-electron chi connectivity index (χ0n) is 14.4. The number of hydrogen-bond acceptors (Lipinski definition) is 3. The summed E-state index contributed by atoms with van der Waals surface area (Å²) in [4.78, 5) is 23.8. The monoisotopic (exact) mass is 379 g/mol. The van der Waals surface area contributed by atoms with Gasteiger partial charge in [0.15, 0.2) is 0 Å². The van der Waals surface area contributed by atoms with E-state index in [4.69, 9.17) is 16.3 Å². The maximum absolute atomic E-state index is 13.9. The number of carbonyl (C=O) groups is 2. The predicted octanol–water partition coefficient (Wildman–Crippen LogP) is 3.54. The molecule has 2 rings (SSSR count). The van der Waals surface area contributed by atoms with Gasteiger partial charge in [0.2, 0.25) is 5.91 Å². The predicted molar refractivity (Wildman–Crippen MR) is 95.9 cm³/mol. The highest BCUT2D eigenvalue weighted by Crippen LogP contribution is 2.28. The second-order valence-electron chi connectivity index (χ2n) is 6.06. The van der Waals surface area contributed by atoms with Gasteiger partial charge in [-0.2, -0.15) is 0 Å². The van der Waals surface area contributed by atoms with Crippen LogP contribution in [-0.4, -0.2) is 24.1 Å². The first kappa shape index (κ1) is 19.7. The molecular formula is C19H19ClFNO4. The largest absolute Gasteiger partial charge is 0.497 e. The van der Waals surface area contributed by atoms with Crippen LogP contribution in [0.2, 0.25) is 5.02 Å². The number of ether oxygens (including phenoxy) is 1. The second kappa shape index (κ2) is 8.19. The van der Waals surface area contributed by atoms with Crippen molar-refractivity contribution in [1.82, 2.24) is 5.32 Å². The number of methoxy groups -OCH3 is 1. The molecule has 1 atom stereocenters. The highest BCUT2D eigenvalue weighted by molar-refractivity contribution is 6.31. The summed E-state index contributed by atoms with van der Waals surface area (Å²) in [5.74, 6) is -1.68. The normalized spacial score (nSPS) is 12.9. The third-order valence-corrected chi connectivity index (χ3v) is 4.38. The van der Waals surface area contributed by atoms with E-state index in [9.17, 15) is 19.1 Å². The fourth-order valence-electron chi connectivity index (χ4n) is 2.70. The van der Waals surface area contributed by atoms with Gasteiger partial charge in [-0.15, -0.1) is 0 Å².